The van der Waals surface area contributed by atoms with Crippen LogP contribution in [0.15, 0.2) is 48.5 Å². The molecule has 1 aliphatic rings. The van der Waals surface area contributed by atoms with Gasteiger partial charge in [0, 0.05) is 0 Å². The minimum absolute atomic E-state index is 0.000416. The van der Waals surface area contributed by atoms with E-state index in [9.17, 15) is 17.6 Å². The van der Waals surface area contributed by atoms with E-state index in [1.54, 1.807) is 12.1 Å². The molecule has 0 aromatic heterocycles. The smallest absolute Gasteiger partial charge is 0.174 e. The van der Waals surface area contributed by atoms with E-state index >= 15 is 0 Å². The van der Waals surface area contributed by atoms with Crippen molar-refractivity contribution in [2.24, 2.45) is 0 Å². The van der Waals surface area contributed by atoms with Crippen molar-refractivity contribution < 1.29 is 17.6 Å². The third-order valence-corrected chi connectivity index (χ3v) is 6.12. The SMILES string of the molecule is CCCCc1ccc(C2CCc3cc(C#Cc4cccc(F)c4F)c(F)cc3C2)c(F)c1. The van der Waals surface area contributed by atoms with Crippen LogP contribution in [-0.2, 0) is 19.3 Å². The highest BCUT2D eigenvalue weighted by Crippen LogP contribution is 2.35. The summed E-state index contributed by atoms with van der Waals surface area (Å²) >= 11 is 0. The summed E-state index contributed by atoms with van der Waals surface area (Å²) in [4.78, 5) is 0. The Kier molecular flexibility index (Phi) is 6.65. The number of fused-ring (bicyclic) bond motifs is 1. The standard InChI is InChI=1S/C28H24F4/c1-2-3-5-18-8-13-24(27(31)14-18)21-11-10-20-15-22(26(30)17-23(20)16-21)12-9-19-6-4-7-25(29)28(19)32/h4,6-8,13-15,17,21H,2-3,5,10-11,16H2,1H3. The van der Waals surface area contributed by atoms with Crippen LogP contribution in [0.3, 0.4) is 0 Å². The summed E-state index contributed by atoms with van der Waals surface area (Å²) in [7, 11) is 0. The summed E-state index contributed by atoms with van der Waals surface area (Å²) in [5, 5.41) is 0. The molecule has 0 bridgehead atoms. The molecule has 1 aliphatic carbocycles. The topological polar surface area (TPSA) is 0 Å². The molecule has 0 heterocycles. The van der Waals surface area contributed by atoms with Crippen molar-refractivity contribution in [3.05, 3.63) is 105 Å². The zero-order chi connectivity index (χ0) is 22.7. The van der Waals surface area contributed by atoms with Crippen LogP contribution >= 0.6 is 0 Å². The van der Waals surface area contributed by atoms with E-state index in [1.165, 1.54) is 18.2 Å². The number of hydrogen-bond donors (Lipinski definition) is 0. The molecule has 0 fully saturated rings. The average molecular weight is 436 g/mol. The lowest BCUT2D eigenvalue weighted by atomic mass is 9.79. The molecule has 0 N–H and O–H groups in total. The molecule has 0 radical (unpaired) electrons. The second kappa shape index (κ2) is 9.61. The lowest BCUT2D eigenvalue weighted by molar-refractivity contribution is 0.506. The first-order valence-electron chi connectivity index (χ1n) is 11.0. The molecule has 164 valence electrons. The Bertz CT molecular complexity index is 1200. The van der Waals surface area contributed by atoms with Crippen LogP contribution in [0.2, 0.25) is 0 Å². The van der Waals surface area contributed by atoms with E-state index in [-0.39, 0.29) is 22.9 Å². The average Bonchev–Trinajstić information content (AvgIpc) is 2.78. The zero-order valence-corrected chi connectivity index (χ0v) is 18.0. The Labute approximate surface area is 186 Å². The third-order valence-electron chi connectivity index (χ3n) is 6.12. The van der Waals surface area contributed by atoms with Gasteiger partial charge < -0.3 is 0 Å². The fraction of sp³-hybridized carbons (Fsp3) is 0.286. The molecule has 0 saturated carbocycles. The molecule has 0 saturated heterocycles. The lowest BCUT2D eigenvalue weighted by Gasteiger charge is -2.26. The van der Waals surface area contributed by atoms with Gasteiger partial charge in [0.25, 0.3) is 0 Å². The number of hydrogen-bond acceptors (Lipinski definition) is 0. The maximum Gasteiger partial charge on any atom is 0.174 e. The number of rotatable bonds is 4. The summed E-state index contributed by atoms with van der Waals surface area (Å²) in [6.07, 6.45) is 4.97. The molecule has 0 spiro atoms. The molecule has 0 amide bonds. The number of benzene rings is 3. The van der Waals surface area contributed by atoms with Crippen molar-refractivity contribution in [3.8, 4) is 11.8 Å². The van der Waals surface area contributed by atoms with Crippen molar-refractivity contribution in [2.45, 2.75) is 51.4 Å². The maximum absolute atomic E-state index is 14.8. The molecule has 1 atom stereocenters. The zero-order valence-electron chi connectivity index (χ0n) is 18.0. The van der Waals surface area contributed by atoms with Crippen LogP contribution in [0.25, 0.3) is 0 Å². The van der Waals surface area contributed by atoms with Gasteiger partial charge in [0.15, 0.2) is 11.6 Å². The molecule has 0 aliphatic heterocycles. The molecule has 3 aromatic rings. The van der Waals surface area contributed by atoms with Crippen LogP contribution in [0.4, 0.5) is 17.6 Å². The molecule has 32 heavy (non-hydrogen) atoms. The van der Waals surface area contributed by atoms with E-state index in [2.05, 4.69) is 18.8 Å². The Balaban J connectivity index is 1.55. The second-order valence-electron chi connectivity index (χ2n) is 8.35. The summed E-state index contributed by atoms with van der Waals surface area (Å²) in [6.45, 7) is 2.11. The second-order valence-corrected chi connectivity index (χ2v) is 8.35. The largest absolute Gasteiger partial charge is 0.207 e. The van der Waals surface area contributed by atoms with Gasteiger partial charge in [-0.15, -0.1) is 0 Å². The predicted molar refractivity (Wildman–Crippen MR) is 119 cm³/mol. The quantitative estimate of drug-likeness (QED) is 0.298. The van der Waals surface area contributed by atoms with Gasteiger partial charge in [-0.25, -0.2) is 17.6 Å². The van der Waals surface area contributed by atoms with Crippen LogP contribution in [0.5, 0.6) is 0 Å². The number of unbranched alkanes of at least 4 members (excludes halogenated alkanes) is 1. The van der Waals surface area contributed by atoms with Gasteiger partial charge in [-0.3, -0.25) is 0 Å². The van der Waals surface area contributed by atoms with E-state index in [1.807, 2.05) is 12.1 Å². The van der Waals surface area contributed by atoms with Gasteiger partial charge in [0.1, 0.15) is 11.6 Å². The van der Waals surface area contributed by atoms with E-state index in [0.29, 0.717) is 18.4 Å². The van der Waals surface area contributed by atoms with Gasteiger partial charge >= 0.3 is 0 Å². The lowest BCUT2D eigenvalue weighted by Crippen LogP contribution is -2.15. The van der Waals surface area contributed by atoms with E-state index in [0.717, 1.165) is 48.4 Å². The third kappa shape index (κ3) is 4.72. The first kappa shape index (κ1) is 22.1. The van der Waals surface area contributed by atoms with Gasteiger partial charge in [-0.1, -0.05) is 43.4 Å². The molecular formula is C28H24F4. The summed E-state index contributed by atoms with van der Waals surface area (Å²) < 4.78 is 56.6. The monoisotopic (exact) mass is 436 g/mol. The number of aryl methyl sites for hydroxylation is 2. The maximum atomic E-state index is 14.8. The van der Waals surface area contributed by atoms with Crippen molar-refractivity contribution in [2.75, 3.05) is 0 Å². The summed E-state index contributed by atoms with van der Waals surface area (Å²) in [5.41, 5.74) is 3.54. The Morgan fingerprint density at radius 1 is 0.844 bits per heavy atom. The molecule has 4 heteroatoms. The summed E-state index contributed by atoms with van der Waals surface area (Å²) in [6, 6.07) is 12.4. The highest BCUT2D eigenvalue weighted by atomic mass is 19.2. The fourth-order valence-corrected chi connectivity index (χ4v) is 4.31. The first-order valence-corrected chi connectivity index (χ1v) is 11.0. The number of halogens is 4. The van der Waals surface area contributed by atoms with E-state index < -0.39 is 17.5 Å². The molecule has 3 aromatic carbocycles. The molecule has 4 rings (SSSR count). The predicted octanol–water partition coefficient (Wildman–Crippen LogP) is 7.26. The molecule has 1 unspecified atom stereocenters. The van der Waals surface area contributed by atoms with Gasteiger partial charge in [0.2, 0.25) is 0 Å². The Morgan fingerprint density at radius 2 is 1.66 bits per heavy atom. The normalized spacial score (nSPS) is 15.1. The van der Waals surface area contributed by atoms with Crippen molar-refractivity contribution in [1.29, 1.82) is 0 Å². The van der Waals surface area contributed by atoms with Crippen LogP contribution in [-0.4, -0.2) is 0 Å². The van der Waals surface area contributed by atoms with Crippen molar-refractivity contribution in [1.82, 2.24) is 0 Å². The van der Waals surface area contributed by atoms with Gasteiger partial charge in [-0.05, 0) is 90.6 Å². The van der Waals surface area contributed by atoms with Gasteiger partial charge in [0.05, 0.1) is 11.1 Å². The minimum Gasteiger partial charge on any atom is -0.207 e. The summed E-state index contributed by atoms with van der Waals surface area (Å²) in [5.74, 6) is 2.43. The fourth-order valence-electron chi connectivity index (χ4n) is 4.31. The minimum atomic E-state index is -1.04. The Morgan fingerprint density at radius 3 is 2.44 bits per heavy atom. The van der Waals surface area contributed by atoms with Crippen molar-refractivity contribution >= 4 is 0 Å². The van der Waals surface area contributed by atoms with E-state index in [4.69, 9.17) is 0 Å². The molecular weight excluding hydrogens is 412 g/mol. The van der Waals surface area contributed by atoms with Crippen LogP contribution < -0.4 is 0 Å². The van der Waals surface area contributed by atoms with Crippen LogP contribution in [0.1, 0.15) is 65.5 Å². The molecule has 0 nitrogen and oxygen atoms in total. The van der Waals surface area contributed by atoms with Gasteiger partial charge in [-0.2, -0.15) is 0 Å². The first-order chi connectivity index (χ1) is 15.5. The van der Waals surface area contributed by atoms with Crippen LogP contribution in [0, 0.1) is 35.1 Å². The van der Waals surface area contributed by atoms with Crippen molar-refractivity contribution in [3.63, 3.8) is 0 Å². The Hall–Kier alpha value is -3.06. The highest BCUT2D eigenvalue weighted by molar-refractivity contribution is 5.48. The highest BCUT2D eigenvalue weighted by Gasteiger charge is 2.24.